The topological polar surface area (TPSA) is 15.3 Å². The fourth-order valence-electron chi connectivity index (χ4n) is 3.48. The molecule has 20 heavy (non-hydrogen) atoms. The molecule has 2 rings (SSSR count). The van der Waals surface area contributed by atoms with Crippen LogP contribution in [0.15, 0.2) is 24.3 Å². The average Bonchev–Trinajstić information content (AvgIpc) is 2.42. The van der Waals surface area contributed by atoms with Gasteiger partial charge in [0.2, 0.25) is 0 Å². The largest absolute Gasteiger partial charge is 0.316 e. The molecule has 0 aromatic heterocycles. The molecule has 0 amide bonds. The van der Waals surface area contributed by atoms with Crippen molar-refractivity contribution in [3.8, 4) is 0 Å². The van der Waals surface area contributed by atoms with Crippen LogP contribution in [-0.4, -0.2) is 31.6 Å². The van der Waals surface area contributed by atoms with E-state index in [0.717, 1.165) is 19.0 Å². The molecule has 1 aromatic rings. The number of nitrogens with zero attached hydrogens (tertiary/aromatic N) is 1. The first-order valence-electron chi connectivity index (χ1n) is 7.93. The highest BCUT2D eigenvalue weighted by Crippen LogP contribution is 2.32. The lowest BCUT2D eigenvalue weighted by atomic mass is 9.74. The Labute approximate surface area is 124 Å². The average molecular weight is 274 g/mol. The molecule has 1 aliphatic rings. The molecule has 2 nitrogen and oxygen atoms in total. The summed E-state index contributed by atoms with van der Waals surface area (Å²) in [6.07, 6.45) is 2.70. The Balaban J connectivity index is 1.93. The van der Waals surface area contributed by atoms with Gasteiger partial charge >= 0.3 is 0 Å². The first-order chi connectivity index (χ1) is 9.49. The number of rotatable bonds is 5. The smallest absolute Gasteiger partial charge is 0.0233 e. The summed E-state index contributed by atoms with van der Waals surface area (Å²) in [5, 5.41) is 3.55. The molecule has 112 valence electrons. The van der Waals surface area contributed by atoms with Gasteiger partial charge in [-0.3, -0.25) is 0 Å². The van der Waals surface area contributed by atoms with Crippen molar-refractivity contribution in [1.82, 2.24) is 10.2 Å². The zero-order valence-electron chi connectivity index (χ0n) is 13.6. The van der Waals surface area contributed by atoms with E-state index in [4.69, 9.17) is 0 Å². The quantitative estimate of drug-likeness (QED) is 0.884. The van der Waals surface area contributed by atoms with E-state index in [1.54, 1.807) is 0 Å². The van der Waals surface area contributed by atoms with Gasteiger partial charge in [0, 0.05) is 13.1 Å². The molecule has 1 aromatic carbocycles. The lowest BCUT2D eigenvalue weighted by Gasteiger charge is -2.40. The number of aryl methyl sites for hydroxylation is 1. The molecule has 1 N–H and O–H groups in total. The number of benzene rings is 1. The first kappa shape index (κ1) is 15.5. The van der Waals surface area contributed by atoms with Gasteiger partial charge in [0.25, 0.3) is 0 Å². The Morgan fingerprint density at radius 2 is 2.05 bits per heavy atom. The number of hydrogen-bond donors (Lipinski definition) is 1. The third-order valence-electron chi connectivity index (χ3n) is 4.78. The van der Waals surface area contributed by atoms with Crippen LogP contribution in [-0.2, 0) is 6.54 Å². The van der Waals surface area contributed by atoms with Crippen LogP contribution < -0.4 is 5.32 Å². The van der Waals surface area contributed by atoms with E-state index >= 15 is 0 Å². The number of piperidine rings is 1. The summed E-state index contributed by atoms with van der Waals surface area (Å²) in [6.45, 7) is 11.7. The highest BCUT2D eigenvalue weighted by Gasteiger charge is 2.31. The summed E-state index contributed by atoms with van der Waals surface area (Å²) in [4.78, 5) is 2.48. The molecule has 1 unspecified atom stereocenters. The summed E-state index contributed by atoms with van der Waals surface area (Å²) < 4.78 is 0. The number of nitrogens with one attached hydrogen (secondary N) is 1. The third kappa shape index (κ3) is 4.07. The van der Waals surface area contributed by atoms with Crippen molar-refractivity contribution in [2.24, 2.45) is 11.3 Å². The van der Waals surface area contributed by atoms with Crippen molar-refractivity contribution in [3.05, 3.63) is 35.4 Å². The second-order valence-corrected chi connectivity index (χ2v) is 7.13. The molecule has 1 aliphatic heterocycles. The third-order valence-corrected chi connectivity index (χ3v) is 4.78. The van der Waals surface area contributed by atoms with Crippen LogP contribution >= 0.6 is 0 Å². The van der Waals surface area contributed by atoms with Crippen molar-refractivity contribution in [2.45, 2.75) is 40.2 Å². The first-order valence-corrected chi connectivity index (χ1v) is 7.93. The molecule has 1 saturated heterocycles. The van der Waals surface area contributed by atoms with Gasteiger partial charge in [-0.15, -0.1) is 0 Å². The van der Waals surface area contributed by atoms with Gasteiger partial charge in [-0.2, -0.15) is 0 Å². The minimum absolute atomic E-state index is 0.380. The van der Waals surface area contributed by atoms with Crippen LogP contribution in [0.3, 0.4) is 0 Å². The van der Waals surface area contributed by atoms with Gasteiger partial charge in [0.15, 0.2) is 0 Å². The molecular weight excluding hydrogens is 244 g/mol. The monoisotopic (exact) mass is 274 g/mol. The SMILES string of the molecule is Cc1ccccc1CN(C)CC(C)(C)C1CCCNC1. The van der Waals surface area contributed by atoms with Gasteiger partial charge in [0.05, 0.1) is 0 Å². The van der Waals surface area contributed by atoms with Gasteiger partial charge < -0.3 is 10.2 Å². The summed E-state index contributed by atoms with van der Waals surface area (Å²) >= 11 is 0. The van der Waals surface area contributed by atoms with E-state index in [0.29, 0.717) is 5.41 Å². The summed E-state index contributed by atoms with van der Waals surface area (Å²) in [5.74, 6) is 0.801. The van der Waals surface area contributed by atoms with Gasteiger partial charge in [-0.25, -0.2) is 0 Å². The van der Waals surface area contributed by atoms with Crippen molar-refractivity contribution in [2.75, 3.05) is 26.7 Å². The maximum Gasteiger partial charge on any atom is 0.0233 e. The molecule has 0 aliphatic carbocycles. The molecule has 1 atom stereocenters. The zero-order valence-corrected chi connectivity index (χ0v) is 13.6. The van der Waals surface area contributed by atoms with E-state index in [1.807, 2.05) is 0 Å². The van der Waals surface area contributed by atoms with E-state index in [9.17, 15) is 0 Å². The predicted molar refractivity (Wildman–Crippen MR) is 86.9 cm³/mol. The lowest BCUT2D eigenvalue weighted by Crippen LogP contribution is -2.43. The second kappa shape index (κ2) is 6.73. The molecule has 0 radical (unpaired) electrons. The highest BCUT2D eigenvalue weighted by atomic mass is 15.1. The van der Waals surface area contributed by atoms with Crippen LogP contribution in [0, 0.1) is 18.3 Å². The molecule has 0 saturated carbocycles. The van der Waals surface area contributed by atoms with E-state index in [1.165, 1.54) is 37.1 Å². The van der Waals surface area contributed by atoms with Gasteiger partial charge in [0.1, 0.15) is 0 Å². The molecule has 1 fully saturated rings. The van der Waals surface area contributed by atoms with Crippen molar-refractivity contribution >= 4 is 0 Å². The standard InChI is InChI=1S/C18H30N2/c1-15-8-5-6-9-16(15)13-20(4)14-18(2,3)17-10-7-11-19-12-17/h5-6,8-9,17,19H,7,10-14H2,1-4H3. The summed E-state index contributed by atoms with van der Waals surface area (Å²) in [6, 6.07) is 8.73. The Kier molecular flexibility index (Phi) is 5.22. The van der Waals surface area contributed by atoms with Gasteiger partial charge in [-0.1, -0.05) is 38.1 Å². The van der Waals surface area contributed by atoms with Crippen molar-refractivity contribution in [1.29, 1.82) is 0 Å². The van der Waals surface area contributed by atoms with Crippen LogP contribution in [0.1, 0.15) is 37.8 Å². The Morgan fingerprint density at radius 3 is 2.70 bits per heavy atom. The highest BCUT2D eigenvalue weighted by molar-refractivity contribution is 5.25. The number of hydrogen-bond acceptors (Lipinski definition) is 2. The van der Waals surface area contributed by atoms with Crippen LogP contribution in [0.25, 0.3) is 0 Å². The van der Waals surface area contributed by atoms with Crippen molar-refractivity contribution < 1.29 is 0 Å². The fourth-order valence-corrected chi connectivity index (χ4v) is 3.48. The van der Waals surface area contributed by atoms with Crippen LogP contribution in [0.4, 0.5) is 0 Å². The maximum absolute atomic E-state index is 3.55. The Morgan fingerprint density at radius 1 is 1.30 bits per heavy atom. The Bertz CT molecular complexity index is 419. The summed E-state index contributed by atoms with van der Waals surface area (Å²) in [5.41, 5.74) is 3.23. The minimum Gasteiger partial charge on any atom is -0.316 e. The predicted octanol–water partition coefficient (Wildman–Crippen LogP) is 3.45. The van der Waals surface area contributed by atoms with E-state index < -0.39 is 0 Å². The normalized spacial score (nSPS) is 20.4. The molecule has 1 heterocycles. The fraction of sp³-hybridized carbons (Fsp3) is 0.667. The van der Waals surface area contributed by atoms with E-state index in [2.05, 4.69) is 62.3 Å². The molecular formula is C18H30N2. The minimum atomic E-state index is 0.380. The molecule has 2 heteroatoms. The maximum atomic E-state index is 3.55. The zero-order chi connectivity index (χ0) is 14.6. The van der Waals surface area contributed by atoms with Crippen molar-refractivity contribution in [3.63, 3.8) is 0 Å². The summed E-state index contributed by atoms with van der Waals surface area (Å²) in [7, 11) is 2.25. The van der Waals surface area contributed by atoms with Gasteiger partial charge in [-0.05, 0) is 62.4 Å². The lowest BCUT2D eigenvalue weighted by molar-refractivity contribution is 0.111. The van der Waals surface area contributed by atoms with E-state index in [-0.39, 0.29) is 0 Å². The molecule has 0 spiro atoms. The Hall–Kier alpha value is -0.860. The molecule has 0 bridgehead atoms. The van der Waals surface area contributed by atoms with Crippen LogP contribution in [0.5, 0.6) is 0 Å². The second-order valence-electron chi connectivity index (χ2n) is 7.13. The van der Waals surface area contributed by atoms with Crippen LogP contribution in [0.2, 0.25) is 0 Å².